The summed E-state index contributed by atoms with van der Waals surface area (Å²) in [7, 11) is -3.91. The van der Waals surface area contributed by atoms with Crippen molar-refractivity contribution in [1.29, 1.82) is 0 Å². The number of allylic oxidation sites excluding steroid dienone is 1. The normalized spacial score (nSPS) is 26.6. The van der Waals surface area contributed by atoms with E-state index in [9.17, 15) is 27.6 Å². The predicted molar refractivity (Wildman–Crippen MR) is 236 cm³/mol. The summed E-state index contributed by atoms with van der Waals surface area (Å²) in [5, 5.41) is 10.8. The van der Waals surface area contributed by atoms with E-state index in [4.69, 9.17) is 19.6 Å². The van der Waals surface area contributed by atoms with Crippen LogP contribution in [0.4, 0.5) is 4.79 Å². The molecule has 334 valence electrons. The van der Waals surface area contributed by atoms with Crippen LogP contribution in [0.25, 0.3) is 27.8 Å². The number of carbonyl (C=O) groups excluding carboxylic acids is 4. The fraction of sp³-hybridized carbons (Fsp3) is 0.532. The van der Waals surface area contributed by atoms with Gasteiger partial charge in [0, 0.05) is 29.4 Å². The van der Waals surface area contributed by atoms with E-state index in [0.717, 1.165) is 49.5 Å². The average Bonchev–Trinajstić information content (AvgIpc) is 4.06. The van der Waals surface area contributed by atoms with Gasteiger partial charge in [0.05, 0.1) is 23.0 Å². The molecule has 3 saturated carbocycles. The van der Waals surface area contributed by atoms with Crippen LogP contribution in [0.1, 0.15) is 110 Å². The standard InChI is InChI=1S/C47H57N7O8S/c1-46(2,3)30-21-19-29(20-22-30)38-26-40(54-41(48-38)35-16-11-12-17-36(35)51-54)61-33-25-39-42(55)50-47(44(57)52-63(59,60)34-23-24-34)27-31(47)13-7-5-4-6-8-18-37(43(56)53(39)28-33)49-45(58)62-32-14-9-10-15-32/h7,11-13,16-17,19-22,26,31-34,37,39H,4-6,8-10,14-15,18,23-25,27-28H2,1-3H3,(H,49,58)(H,50,55)(H,52,57)/b13-7-/t31-,33-,37-,39+,47-/m1/s1. The van der Waals surface area contributed by atoms with Crippen LogP contribution in [0.5, 0.6) is 5.88 Å². The highest BCUT2D eigenvalue weighted by Gasteiger charge is 2.62. The molecule has 16 heteroatoms. The van der Waals surface area contributed by atoms with Crippen molar-refractivity contribution < 1.29 is 37.1 Å². The number of benzene rings is 2. The number of amides is 4. The first-order chi connectivity index (χ1) is 30.2. The molecule has 4 aromatic rings. The van der Waals surface area contributed by atoms with Gasteiger partial charge in [-0.1, -0.05) is 82.2 Å². The second kappa shape index (κ2) is 16.9. The first-order valence-corrected chi connectivity index (χ1v) is 24.1. The molecule has 1 saturated heterocycles. The van der Waals surface area contributed by atoms with Crippen molar-refractivity contribution in [2.45, 2.75) is 145 Å². The van der Waals surface area contributed by atoms with E-state index in [0.29, 0.717) is 54.8 Å². The lowest BCUT2D eigenvalue weighted by atomic mass is 9.86. The van der Waals surface area contributed by atoms with Gasteiger partial charge in [-0.05, 0) is 87.3 Å². The Morgan fingerprint density at radius 2 is 1.67 bits per heavy atom. The second-order valence-corrected chi connectivity index (χ2v) is 21.0. The van der Waals surface area contributed by atoms with Crippen LogP contribution in [-0.4, -0.2) is 93.4 Å². The zero-order valence-electron chi connectivity index (χ0n) is 36.2. The number of carbonyl (C=O) groups is 4. The van der Waals surface area contributed by atoms with E-state index < -0.39 is 68.7 Å². The first-order valence-electron chi connectivity index (χ1n) is 22.6. The van der Waals surface area contributed by atoms with Gasteiger partial charge in [0.2, 0.25) is 27.7 Å². The minimum Gasteiger partial charge on any atom is -0.472 e. The van der Waals surface area contributed by atoms with E-state index in [-0.39, 0.29) is 30.9 Å². The number of hydrogen-bond donors (Lipinski definition) is 3. The molecule has 3 aliphatic carbocycles. The van der Waals surface area contributed by atoms with Gasteiger partial charge >= 0.3 is 6.09 Å². The summed E-state index contributed by atoms with van der Waals surface area (Å²) in [6, 6.07) is 15.6. The van der Waals surface area contributed by atoms with Gasteiger partial charge in [0.25, 0.3) is 5.91 Å². The van der Waals surface area contributed by atoms with E-state index in [2.05, 4.69) is 48.3 Å². The van der Waals surface area contributed by atoms with Crippen LogP contribution in [0, 0.1) is 5.92 Å². The Hall–Kier alpha value is -5.51. The zero-order chi connectivity index (χ0) is 44.1. The van der Waals surface area contributed by atoms with Crippen molar-refractivity contribution in [3.63, 3.8) is 0 Å². The summed E-state index contributed by atoms with van der Waals surface area (Å²) in [4.78, 5) is 63.3. The lowest BCUT2D eigenvalue weighted by Gasteiger charge is -2.30. The molecule has 2 aliphatic heterocycles. The quantitative estimate of drug-likeness (QED) is 0.171. The Kier molecular flexibility index (Phi) is 11.5. The Labute approximate surface area is 367 Å². The molecule has 4 fully saturated rings. The highest BCUT2D eigenvalue weighted by molar-refractivity contribution is 7.91. The zero-order valence-corrected chi connectivity index (χ0v) is 37.0. The molecule has 5 atom stereocenters. The van der Waals surface area contributed by atoms with Crippen LogP contribution < -0.4 is 20.1 Å². The van der Waals surface area contributed by atoms with Gasteiger partial charge in [-0.15, -0.1) is 0 Å². The number of rotatable bonds is 8. The summed E-state index contributed by atoms with van der Waals surface area (Å²) in [5.41, 5.74) is 2.41. The molecule has 2 aromatic carbocycles. The van der Waals surface area contributed by atoms with Gasteiger partial charge in [-0.25, -0.2) is 18.2 Å². The maximum atomic E-state index is 14.8. The molecule has 0 unspecified atom stereocenters. The topological polar surface area (TPSA) is 190 Å². The average molecular weight is 880 g/mol. The molecule has 3 N–H and O–H groups in total. The SMILES string of the molecule is CC(C)(C)c1ccc(-c2cc(O[C@@H]3C[C@H]4C(=O)N[C@]5(C(=O)NS(=O)(=O)C6CC6)C[C@H]5/C=C\CCCCC[C@@H](NC(=O)OC5CCCC5)C(=O)N4C3)n3nc4ccccc4c3n2)cc1. The van der Waals surface area contributed by atoms with Crippen LogP contribution in [0.15, 0.2) is 66.7 Å². The maximum absolute atomic E-state index is 14.8. The Balaban J connectivity index is 1.05. The number of nitrogens with zero attached hydrogens (tertiary/aromatic N) is 4. The molecule has 15 nitrogen and oxygen atoms in total. The van der Waals surface area contributed by atoms with Gasteiger partial charge in [0.15, 0.2) is 5.65 Å². The van der Waals surface area contributed by atoms with Crippen molar-refractivity contribution in [3.8, 4) is 17.1 Å². The van der Waals surface area contributed by atoms with Crippen molar-refractivity contribution in [2.24, 2.45) is 5.92 Å². The number of hydrogen-bond acceptors (Lipinski definition) is 10. The van der Waals surface area contributed by atoms with Crippen molar-refractivity contribution in [1.82, 2.24) is 34.9 Å². The minimum atomic E-state index is -3.91. The van der Waals surface area contributed by atoms with Crippen LogP contribution in [-0.2, 0) is 34.6 Å². The molecule has 4 amide bonds. The van der Waals surface area contributed by atoms with Gasteiger partial charge in [0.1, 0.15) is 29.8 Å². The summed E-state index contributed by atoms with van der Waals surface area (Å²) >= 11 is 0. The molecule has 4 heterocycles. The molecule has 0 bridgehead atoms. The third-order valence-corrected chi connectivity index (χ3v) is 15.1. The van der Waals surface area contributed by atoms with Gasteiger partial charge in [-0.3, -0.25) is 19.1 Å². The number of ether oxygens (including phenoxy) is 2. The molecule has 5 aliphatic rings. The number of aromatic nitrogens is 3. The fourth-order valence-corrected chi connectivity index (χ4v) is 10.7. The van der Waals surface area contributed by atoms with Gasteiger partial charge < -0.3 is 25.0 Å². The largest absolute Gasteiger partial charge is 0.472 e. The van der Waals surface area contributed by atoms with Crippen LogP contribution >= 0.6 is 0 Å². The smallest absolute Gasteiger partial charge is 0.408 e. The lowest BCUT2D eigenvalue weighted by molar-refractivity contribution is -0.141. The number of fused-ring (bicyclic) bond motifs is 5. The Bertz CT molecular complexity index is 2560. The Morgan fingerprint density at radius 1 is 0.921 bits per heavy atom. The minimum absolute atomic E-state index is 0.0222. The summed E-state index contributed by atoms with van der Waals surface area (Å²) in [6.07, 6.45) is 10.1. The molecule has 0 spiro atoms. The maximum Gasteiger partial charge on any atom is 0.408 e. The van der Waals surface area contributed by atoms with E-state index in [1.807, 2.05) is 54.6 Å². The van der Waals surface area contributed by atoms with Crippen molar-refractivity contribution in [2.75, 3.05) is 6.54 Å². The third kappa shape index (κ3) is 9.00. The lowest BCUT2D eigenvalue weighted by Crippen LogP contribution is -2.58. The molecule has 2 aromatic heterocycles. The first kappa shape index (κ1) is 42.8. The number of nitrogens with one attached hydrogen (secondary N) is 3. The molecule has 63 heavy (non-hydrogen) atoms. The van der Waals surface area contributed by atoms with E-state index >= 15 is 0 Å². The van der Waals surface area contributed by atoms with Crippen LogP contribution in [0.2, 0.25) is 0 Å². The molecular weight excluding hydrogens is 823 g/mol. The van der Waals surface area contributed by atoms with Crippen molar-refractivity contribution in [3.05, 3.63) is 72.3 Å². The van der Waals surface area contributed by atoms with Gasteiger partial charge in [-0.2, -0.15) is 9.61 Å². The van der Waals surface area contributed by atoms with Crippen LogP contribution in [0.3, 0.4) is 0 Å². The fourth-order valence-electron chi connectivity index (χ4n) is 9.33. The summed E-state index contributed by atoms with van der Waals surface area (Å²) in [5.74, 6) is -1.95. The predicted octanol–water partition coefficient (Wildman–Crippen LogP) is 6.24. The summed E-state index contributed by atoms with van der Waals surface area (Å²) < 4.78 is 42.4. The van der Waals surface area contributed by atoms with E-state index in [1.54, 1.807) is 4.52 Å². The highest BCUT2D eigenvalue weighted by Crippen LogP contribution is 2.46. The number of alkyl carbamates (subject to hydrolysis) is 1. The number of sulfonamides is 1. The van der Waals surface area contributed by atoms with E-state index in [1.165, 1.54) is 10.5 Å². The monoisotopic (exact) mass is 879 g/mol. The summed E-state index contributed by atoms with van der Waals surface area (Å²) in [6.45, 7) is 6.45. The highest BCUT2D eigenvalue weighted by atomic mass is 32.2. The second-order valence-electron chi connectivity index (χ2n) is 19.1. The van der Waals surface area contributed by atoms with Crippen molar-refractivity contribution >= 4 is 50.4 Å². The molecule has 0 radical (unpaired) electrons. The third-order valence-electron chi connectivity index (χ3n) is 13.3. The molecular formula is C47H57N7O8S. The Morgan fingerprint density at radius 3 is 2.41 bits per heavy atom. The molecule has 9 rings (SSSR count).